The van der Waals surface area contributed by atoms with E-state index in [1.807, 2.05) is 6.07 Å². The van der Waals surface area contributed by atoms with Crippen LogP contribution in [0.2, 0.25) is 0 Å². The number of carbonyl (C=O) groups excluding carboxylic acids is 1. The molecule has 1 rings (SSSR count). The van der Waals surface area contributed by atoms with Crippen molar-refractivity contribution >= 4 is 5.97 Å². The fraction of sp³-hybridized carbons (Fsp3) is 0.600. The van der Waals surface area contributed by atoms with Crippen molar-refractivity contribution in [3.63, 3.8) is 0 Å². The van der Waals surface area contributed by atoms with Gasteiger partial charge in [0.1, 0.15) is 6.10 Å². The highest BCUT2D eigenvalue weighted by Crippen LogP contribution is 2.25. The molecule has 1 atom stereocenters. The summed E-state index contributed by atoms with van der Waals surface area (Å²) in [7, 11) is 0. The zero-order chi connectivity index (χ0) is 9.68. The molecule has 1 fully saturated rings. The summed E-state index contributed by atoms with van der Waals surface area (Å²) in [5, 5.41) is 8.50. The van der Waals surface area contributed by atoms with Crippen LogP contribution in [0.25, 0.3) is 0 Å². The molecular weight excluding hydrogens is 166 g/mol. The first-order valence-corrected chi connectivity index (χ1v) is 4.50. The molecule has 70 valence electrons. The van der Waals surface area contributed by atoms with Gasteiger partial charge in [-0.15, -0.1) is 0 Å². The number of allylic oxidation sites excluding steroid dienone is 1. The van der Waals surface area contributed by atoms with Gasteiger partial charge < -0.3 is 4.74 Å². The second kappa shape index (κ2) is 4.66. The van der Waals surface area contributed by atoms with Gasteiger partial charge in [0.2, 0.25) is 0 Å². The van der Waals surface area contributed by atoms with Gasteiger partial charge in [0.25, 0.3) is 0 Å². The number of esters is 1. The van der Waals surface area contributed by atoms with Crippen LogP contribution in [0.3, 0.4) is 0 Å². The monoisotopic (exact) mass is 179 g/mol. The van der Waals surface area contributed by atoms with Gasteiger partial charge in [-0.2, -0.15) is 5.26 Å². The summed E-state index contributed by atoms with van der Waals surface area (Å²) in [6, 6.07) is 1.99. The molecule has 0 bridgehead atoms. The van der Waals surface area contributed by atoms with Crippen LogP contribution in [0.5, 0.6) is 0 Å². The number of hydrogen-bond donors (Lipinski definition) is 0. The first-order chi connectivity index (χ1) is 6.24. The van der Waals surface area contributed by atoms with Crippen molar-refractivity contribution in [3.8, 4) is 6.07 Å². The molecule has 1 aliphatic carbocycles. The van der Waals surface area contributed by atoms with Crippen molar-refractivity contribution in [2.24, 2.45) is 0 Å². The molecule has 1 aliphatic rings. The molecule has 0 radical (unpaired) electrons. The van der Waals surface area contributed by atoms with Gasteiger partial charge in [-0.05, 0) is 31.3 Å². The SMILES string of the molecule is CC(=O)OC1CCCC/C1=C\C#N. The summed E-state index contributed by atoms with van der Waals surface area (Å²) in [6.45, 7) is 1.40. The minimum Gasteiger partial charge on any atom is -0.458 e. The Labute approximate surface area is 78.0 Å². The smallest absolute Gasteiger partial charge is 0.303 e. The van der Waals surface area contributed by atoms with Crippen LogP contribution in [0.4, 0.5) is 0 Å². The van der Waals surface area contributed by atoms with E-state index in [0.717, 1.165) is 31.3 Å². The summed E-state index contributed by atoms with van der Waals surface area (Å²) in [5.74, 6) is -0.268. The van der Waals surface area contributed by atoms with Gasteiger partial charge in [-0.1, -0.05) is 0 Å². The van der Waals surface area contributed by atoms with Gasteiger partial charge >= 0.3 is 5.97 Å². The maximum Gasteiger partial charge on any atom is 0.303 e. The molecule has 13 heavy (non-hydrogen) atoms. The highest BCUT2D eigenvalue weighted by atomic mass is 16.5. The van der Waals surface area contributed by atoms with Crippen LogP contribution in [-0.4, -0.2) is 12.1 Å². The van der Waals surface area contributed by atoms with Gasteiger partial charge in [0, 0.05) is 13.0 Å². The van der Waals surface area contributed by atoms with E-state index in [1.54, 1.807) is 0 Å². The maximum atomic E-state index is 10.7. The minimum absolute atomic E-state index is 0.147. The summed E-state index contributed by atoms with van der Waals surface area (Å²) < 4.78 is 5.10. The third-order valence-electron chi connectivity index (χ3n) is 2.15. The Balaban J connectivity index is 2.63. The topological polar surface area (TPSA) is 50.1 Å². The molecule has 3 nitrogen and oxygen atoms in total. The normalized spacial score (nSPS) is 25.2. The molecule has 1 saturated carbocycles. The van der Waals surface area contributed by atoms with Crippen molar-refractivity contribution in [1.82, 2.24) is 0 Å². The van der Waals surface area contributed by atoms with Crippen molar-refractivity contribution < 1.29 is 9.53 Å². The second-order valence-corrected chi connectivity index (χ2v) is 3.19. The standard InChI is InChI=1S/C10H13NO2/c1-8(12)13-10-5-3-2-4-9(10)6-7-11/h6,10H,2-5H2,1H3/b9-6+. The lowest BCUT2D eigenvalue weighted by atomic mass is 9.92. The summed E-state index contributed by atoms with van der Waals surface area (Å²) in [4.78, 5) is 10.7. The second-order valence-electron chi connectivity index (χ2n) is 3.19. The van der Waals surface area contributed by atoms with Crippen LogP contribution in [-0.2, 0) is 9.53 Å². The van der Waals surface area contributed by atoms with Gasteiger partial charge in [0.15, 0.2) is 0 Å². The number of hydrogen-bond acceptors (Lipinski definition) is 3. The van der Waals surface area contributed by atoms with Gasteiger partial charge in [-0.25, -0.2) is 0 Å². The van der Waals surface area contributed by atoms with Crippen LogP contribution in [0.15, 0.2) is 11.6 Å². The van der Waals surface area contributed by atoms with Crippen molar-refractivity contribution in [1.29, 1.82) is 5.26 Å². The van der Waals surface area contributed by atoms with E-state index >= 15 is 0 Å². The van der Waals surface area contributed by atoms with E-state index in [-0.39, 0.29) is 12.1 Å². The zero-order valence-corrected chi connectivity index (χ0v) is 7.75. The Morgan fingerprint density at radius 2 is 2.46 bits per heavy atom. The van der Waals surface area contributed by atoms with Gasteiger partial charge in [-0.3, -0.25) is 4.79 Å². The molecule has 1 unspecified atom stereocenters. The average molecular weight is 179 g/mol. The first-order valence-electron chi connectivity index (χ1n) is 4.50. The molecule has 3 heteroatoms. The Hall–Kier alpha value is -1.30. The fourth-order valence-corrected chi connectivity index (χ4v) is 1.59. The third kappa shape index (κ3) is 2.90. The summed E-state index contributed by atoms with van der Waals surface area (Å²) in [5.41, 5.74) is 0.962. The maximum absolute atomic E-state index is 10.7. The van der Waals surface area contributed by atoms with Crippen LogP contribution in [0, 0.1) is 11.3 Å². The molecule has 0 heterocycles. The summed E-state index contributed by atoms with van der Waals surface area (Å²) >= 11 is 0. The molecule has 0 aromatic heterocycles. The van der Waals surface area contributed by atoms with Crippen LogP contribution >= 0.6 is 0 Å². The van der Waals surface area contributed by atoms with E-state index in [4.69, 9.17) is 10.00 Å². The molecule has 0 aromatic carbocycles. The van der Waals surface area contributed by atoms with E-state index in [2.05, 4.69) is 0 Å². The first kappa shape index (κ1) is 9.79. The average Bonchev–Trinajstić information content (AvgIpc) is 2.08. The van der Waals surface area contributed by atoms with Crippen LogP contribution < -0.4 is 0 Å². The summed E-state index contributed by atoms with van der Waals surface area (Å²) in [6.07, 6.45) is 5.25. The van der Waals surface area contributed by atoms with Crippen LogP contribution in [0.1, 0.15) is 32.6 Å². The third-order valence-corrected chi connectivity index (χ3v) is 2.15. The lowest BCUT2D eigenvalue weighted by Crippen LogP contribution is -2.22. The molecular formula is C10H13NO2. The molecule has 0 N–H and O–H groups in total. The predicted molar refractivity (Wildman–Crippen MR) is 47.7 cm³/mol. The number of nitriles is 1. The number of rotatable bonds is 1. The predicted octanol–water partition coefficient (Wildman–Crippen LogP) is 1.94. The highest BCUT2D eigenvalue weighted by molar-refractivity contribution is 5.66. The zero-order valence-electron chi connectivity index (χ0n) is 7.75. The number of nitrogens with zero attached hydrogens (tertiary/aromatic N) is 1. The number of carbonyl (C=O) groups is 1. The molecule has 0 aromatic rings. The van der Waals surface area contributed by atoms with E-state index in [0.29, 0.717) is 0 Å². The highest BCUT2D eigenvalue weighted by Gasteiger charge is 2.20. The van der Waals surface area contributed by atoms with E-state index < -0.39 is 0 Å². The quantitative estimate of drug-likeness (QED) is 0.456. The van der Waals surface area contributed by atoms with Crippen molar-refractivity contribution in [2.45, 2.75) is 38.7 Å². The Bertz CT molecular complexity index is 263. The molecule has 0 aliphatic heterocycles. The molecule has 0 saturated heterocycles. The minimum atomic E-state index is -0.268. The fourth-order valence-electron chi connectivity index (χ4n) is 1.59. The van der Waals surface area contributed by atoms with Crippen molar-refractivity contribution in [3.05, 3.63) is 11.6 Å². The lowest BCUT2D eigenvalue weighted by Gasteiger charge is -2.23. The Morgan fingerprint density at radius 1 is 1.69 bits per heavy atom. The Morgan fingerprint density at radius 3 is 3.08 bits per heavy atom. The van der Waals surface area contributed by atoms with E-state index in [9.17, 15) is 4.79 Å². The van der Waals surface area contributed by atoms with Gasteiger partial charge in [0.05, 0.1) is 6.07 Å². The Kier molecular flexibility index (Phi) is 3.51. The largest absolute Gasteiger partial charge is 0.458 e. The molecule has 0 spiro atoms. The van der Waals surface area contributed by atoms with E-state index in [1.165, 1.54) is 13.0 Å². The number of ether oxygens (including phenoxy) is 1. The lowest BCUT2D eigenvalue weighted by molar-refractivity contribution is -0.145. The van der Waals surface area contributed by atoms with Crippen molar-refractivity contribution in [2.75, 3.05) is 0 Å². The molecule has 0 amide bonds.